The molecule has 7 heteroatoms. The van der Waals surface area contributed by atoms with E-state index < -0.39 is 0 Å². The standard InChI is InChI=1S/C18H25N5O2/c24-18(22-8-2-1-3-9-22)17-13-23(20-19-17)16-5-4-7-21(12-16)11-15-6-10-25-14-15/h6,10,13-14,16H,1-5,7-9,11-12H2/t16-/m1/s1. The number of rotatable bonds is 4. The van der Waals surface area contributed by atoms with Crippen LogP contribution in [0.5, 0.6) is 0 Å². The minimum atomic E-state index is 0.0250. The second kappa shape index (κ2) is 7.39. The van der Waals surface area contributed by atoms with Crippen LogP contribution in [0.3, 0.4) is 0 Å². The molecule has 2 aromatic heterocycles. The molecule has 1 atom stereocenters. The molecule has 0 unspecified atom stereocenters. The number of hydrogen-bond acceptors (Lipinski definition) is 5. The maximum atomic E-state index is 12.6. The predicted molar refractivity (Wildman–Crippen MR) is 92.0 cm³/mol. The fourth-order valence-electron chi connectivity index (χ4n) is 3.84. The molecule has 0 saturated carbocycles. The molecule has 2 saturated heterocycles. The third-order valence-electron chi connectivity index (χ3n) is 5.21. The van der Waals surface area contributed by atoms with Gasteiger partial charge in [-0.1, -0.05) is 5.21 Å². The first-order valence-corrected chi connectivity index (χ1v) is 9.24. The molecular weight excluding hydrogens is 318 g/mol. The molecule has 0 radical (unpaired) electrons. The molecule has 2 aliphatic rings. The van der Waals surface area contributed by atoms with Crippen molar-refractivity contribution in [2.45, 2.75) is 44.7 Å². The van der Waals surface area contributed by atoms with Crippen LogP contribution in [-0.2, 0) is 6.54 Å². The first-order chi connectivity index (χ1) is 12.3. The van der Waals surface area contributed by atoms with Crippen molar-refractivity contribution in [3.05, 3.63) is 36.0 Å². The summed E-state index contributed by atoms with van der Waals surface area (Å²) in [5.41, 5.74) is 1.68. The molecule has 0 bridgehead atoms. The van der Waals surface area contributed by atoms with E-state index in [4.69, 9.17) is 4.42 Å². The number of carbonyl (C=O) groups is 1. The molecule has 0 N–H and O–H groups in total. The summed E-state index contributed by atoms with van der Waals surface area (Å²) < 4.78 is 7.05. The van der Waals surface area contributed by atoms with Crippen molar-refractivity contribution in [1.29, 1.82) is 0 Å². The van der Waals surface area contributed by atoms with Crippen LogP contribution < -0.4 is 0 Å². The zero-order chi connectivity index (χ0) is 17.1. The van der Waals surface area contributed by atoms with Gasteiger partial charge in [0.05, 0.1) is 24.8 Å². The highest BCUT2D eigenvalue weighted by Gasteiger charge is 2.25. The van der Waals surface area contributed by atoms with E-state index in [-0.39, 0.29) is 11.9 Å². The monoisotopic (exact) mass is 343 g/mol. The van der Waals surface area contributed by atoms with E-state index in [1.165, 1.54) is 12.0 Å². The van der Waals surface area contributed by atoms with E-state index in [0.29, 0.717) is 5.69 Å². The van der Waals surface area contributed by atoms with Crippen molar-refractivity contribution in [3.63, 3.8) is 0 Å². The highest BCUT2D eigenvalue weighted by Crippen LogP contribution is 2.23. The number of hydrogen-bond donors (Lipinski definition) is 0. The van der Waals surface area contributed by atoms with Gasteiger partial charge in [-0.15, -0.1) is 5.10 Å². The van der Waals surface area contributed by atoms with Gasteiger partial charge in [0.15, 0.2) is 5.69 Å². The molecule has 134 valence electrons. The Labute approximate surface area is 147 Å². The third-order valence-corrected chi connectivity index (χ3v) is 5.21. The topological polar surface area (TPSA) is 67.4 Å². The Kier molecular flexibility index (Phi) is 4.83. The average Bonchev–Trinajstić information content (AvgIpc) is 3.34. The van der Waals surface area contributed by atoms with E-state index in [1.54, 1.807) is 12.5 Å². The summed E-state index contributed by atoms with van der Waals surface area (Å²) in [6.45, 7) is 4.57. The third kappa shape index (κ3) is 3.76. The summed E-state index contributed by atoms with van der Waals surface area (Å²) in [7, 11) is 0. The zero-order valence-electron chi connectivity index (χ0n) is 14.5. The number of aromatic nitrogens is 3. The lowest BCUT2D eigenvalue weighted by molar-refractivity contribution is 0.0718. The summed E-state index contributed by atoms with van der Waals surface area (Å²) in [4.78, 5) is 16.9. The lowest BCUT2D eigenvalue weighted by Crippen LogP contribution is -2.36. The Morgan fingerprint density at radius 2 is 2.08 bits per heavy atom. The van der Waals surface area contributed by atoms with Gasteiger partial charge >= 0.3 is 0 Å². The van der Waals surface area contributed by atoms with Crippen molar-refractivity contribution in [1.82, 2.24) is 24.8 Å². The normalized spacial score (nSPS) is 22.2. The van der Waals surface area contributed by atoms with E-state index in [9.17, 15) is 4.79 Å². The molecule has 0 aromatic carbocycles. The van der Waals surface area contributed by atoms with Gasteiger partial charge in [0.1, 0.15) is 0 Å². The fourth-order valence-corrected chi connectivity index (χ4v) is 3.84. The zero-order valence-corrected chi connectivity index (χ0v) is 14.5. The second-order valence-electron chi connectivity index (χ2n) is 7.10. The maximum absolute atomic E-state index is 12.6. The first-order valence-electron chi connectivity index (χ1n) is 9.24. The van der Waals surface area contributed by atoms with Crippen LogP contribution in [0.25, 0.3) is 0 Å². The van der Waals surface area contributed by atoms with Crippen molar-refractivity contribution < 1.29 is 9.21 Å². The van der Waals surface area contributed by atoms with Crippen LogP contribution in [0.1, 0.15) is 54.2 Å². The van der Waals surface area contributed by atoms with Crippen LogP contribution in [-0.4, -0.2) is 56.9 Å². The molecule has 2 aliphatic heterocycles. The number of furan rings is 1. The predicted octanol–water partition coefficient (Wildman–Crippen LogP) is 2.33. The smallest absolute Gasteiger partial charge is 0.276 e. The van der Waals surface area contributed by atoms with Crippen LogP contribution in [0.2, 0.25) is 0 Å². The largest absolute Gasteiger partial charge is 0.472 e. The average molecular weight is 343 g/mol. The highest BCUT2D eigenvalue weighted by molar-refractivity contribution is 5.91. The Balaban J connectivity index is 1.39. The summed E-state index contributed by atoms with van der Waals surface area (Å²) in [5.74, 6) is 0.0250. The fraction of sp³-hybridized carbons (Fsp3) is 0.611. The van der Waals surface area contributed by atoms with Gasteiger partial charge in [-0.3, -0.25) is 9.69 Å². The number of carbonyl (C=O) groups excluding carboxylic acids is 1. The van der Waals surface area contributed by atoms with Crippen molar-refractivity contribution in [2.75, 3.05) is 26.2 Å². The Hall–Kier alpha value is -2.15. The maximum Gasteiger partial charge on any atom is 0.276 e. The first kappa shape index (κ1) is 16.3. The summed E-state index contributed by atoms with van der Waals surface area (Å²) >= 11 is 0. The second-order valence-corrected chi connectivity index (χ2v) is 7.10. The number of piperidine rings is 2. The lowest BCUT2D eigenvalue weighted by atomic mass is 10.1. The summed E-state index contributed by atoms with van der Waals surface area (Å²) in [5, 5.41) is 8.42. The Morgan fingerprint density at radius 1 is 1.20 bits per heavy atom. The van der Waals surface area contributed by atoms with Crippen LogP contribution in [0.4, 0.5) is 0 Å². The molecule has 25 heavy (non-hydrogen) atoms. The summed E-state index contributed by atoms with van der Waals surface area (Å²) in [6, 6.07) is 2.28. The van der Waals surface area contributed by atoms with E-state index >= 15 is 0 Å². The molecule has 7 nitrogen and oxygen atoms in total. The molecule has 0 aliphatic carbocycles. The van der Waals surface area contributed by atoms with Gasteiger partial charge < -0.3 is 9.32 Å². The summed E-state index contributed by atoms with van der Waals surface area (Å²) in [6.07, 6.45) is 10.9. The van der Waals surface area contributed by atoms with E-state index in [2.05, 4.69) is 15.2 Å². The number of nitrogens with zero attached hydrogens (tertiary/aromatic N) is 5. The van der Waals surface area contributed by atoms with Crippen molar-refractivity contribution in [3.8, 4) is 0 Å². The molecule has 0 spiro atoms. The van der Waals surface area contributed by atoms with Crippen LogP contribution >= 0.6 is 0 Å². The van der Waals surface area contributed by atoms with Gasteiger partial charge in [0.2, 0.25) is 0 Å². The van der Waals surface area contributed by atoms with Gasteiger partial charge in [-0.05, 0) is 44.7 Å². The minimum Gasteiger partial charge on any atom is -0.472 e. The van der Waals surface area contributed by atoms with Crippen molar-refractivity contribution >= 4 is 5.91 Å². The van der Waals surface area contributed by atoms with Crippen LogP contribution in [0.15, 0.2) is 29.2 Å². The van der Waals surface area contributed by atoms with E-state index in [0.717, 1.165) is 58.4 Å². The minimum absolute atomic E-state index is 0.0250. The van der Waals surface area contributed by atoms with Gasteiger partial charge in [-0.25, -0.2) is 4.68 Å². The quantitative estimate of drug-likeness (QED) is 0.852. The van der Waals surface area contributed by atoms with Crippen LogP contribution in [0, 0.1) is 0 Å². The van der Waals surface area contributed by atoms with Gasteiger partial charge in [-0.2, -0.15) is 0 Å². The number of likely N-dealkylation sites (tertiary alicyclic amines) is 2. The molecule has 2 aromatic rings. The SMILES string of the molecule is O=C(c1cn([C@@H]2CCCN(Cc3ccoc3)C2)nn1)N1CCCCC1. The molecular formula is C18H25N5O2. The van der Waals surface area contributed by atoms with Gasteiger partial charge in [0.25, 0.3) is 5.91 Å². The highest BCUT2D eigenvalue weighted by atomic mass is 16.3. The molecule has 2 fully saturated rings. The Bertz CT molecular complexity index is 690. The molecule has 4 rings (SSSR count). The van der Waals surface area contributed by atoms with E-state index in [1.807, 2.05) is 21.8 Å². The molecule has 4 heterocycles. The number of amides is 1. The lowest BCUT2D eigenvalue weighted by Gasteiger charge is -2.32. The Morgan fingerprint density at radius 3 is 2.88 bits per heavy atom. The molecule has 1 amide bonds. The van der Waals surface area contributed by atoms with Gasteiger partial charge in [0, 0.05) is 31.7 Å². The van der Waals surface area contributed by atoms with Crippen molar-refractivity contribution in [2.24, 2.45) is 0 Å².